The Balaban J connectivity index is 0.893. The molecule has 5 N–H and O–H groups in total. The molecule has 376 valence electrons. The number of hydrogen-bond acceptors (Lipinski definition) is 18. The van der Waals surface area contributed by atoms with Gasteiger partial charge in [-0.1, -0.05) is 38.2 Å². The van der Waals surface area contributed by atoms with Crippen molar-refractivity contribution in [2.75, 3.05) is 52.1 Å². The van der Waals surface area contributed by atoms with Gasteiger partial charge in [-0.25, -0.2) is 4.79 Å². The van der Waals surface area contributed by atoms with Gasteiger partial charge in [-0.2, -0.15) is 0 Å². The van der Waals surface area contributed by atoms with Gasteiger partial charge in [0.15, 0.2) is 11.4 Å². The number of esters is 3. The summed E-state index contributed by atoms with van der Waals surface area (Å²) in [5, 5.41) is 36.6. The summed E-state index contributed by atoms with van der Waals surface area (Å²) >= 11 is 2.91. The largest absolute Gasteiger partial charge is 0.508 e. The number of aliphatic hydroxyl groups is 3. The lowest BCUT2D eigenvalue weighted by Gasteiger charge is -2.50. The van der Waals surface area contributed by atoms with Gasteiger partial charge < -0.3 is 40.2 Å². The molecular weight excluding hydrogens is 945 g/mol. The number of amides is 2. The van der Waals surface area contributed by atoms with Crippen molar-refractivity contribution in [3.63, 3.8) is 0 Å². The van der Waals surface area contributed by atoms with E-state index in [0.717, 1.165) is 37.0 Å². The molecule has 5 aliphatic rings. The number of likely N-dealkylation sites (N-methyl/N-ethyl adjacent to an activating group) is 1. The molecule has 18 nitrogen and oxygen atoms in total. The van der Waals surface area contributed by atoms with Crippen molar-refractivity contribution in [1.29, 1.82) is 0 Å². The second kappa shape index (κ2) is 21.7. The van der Waals surface area contributed by atoms with Gasteiger partial charge in [-0.15, -0.1) is 23.1 Å². The molecule has 20 heteroatoms. The first kappa shape index (κ1) is 52.0. The highest BCUT2D eigenvalue weighted by atomic mass is 32.2. The summed E-state index contributed by atoms with van der Waals surface area (Å²) in [5.74, 6) is -9.07. The Morgan fingerprint density at radius 2 is 1.64 bits per heavy atom. The van der Waals surface area contributed by atoms with E-state index in [0.29, 0.717) is 35.4 Å². The number of carbonyl (C=O) groups excluding carboxylic acids is 8. The summed E-state index contributed by atoms with van der Waals surface area (Å²) < 4.78 is 16.6. The monoisotopic (exact) mass is 1000 g/mol. The van der Waals surface area contributed by atoms with Crippen molar-refractivity contribution in [2.24, 2.45) is 23.5 Å². The summed E-state index contributed by atoms with van der Waals surface area (Å²) in [6, 6.07) is 5.84. The molecule has 3 aliphatic carbocycles. The molecular formula is C50H60N4O14S2. The number of ketones is 3. The van der Waals surface area contributed by atoms with Crippen molar-refractivity contribution in [1.82, 2.24) is 9.80 Å². The van der Waals surface area contributed by atoms with Crippen LogP contribution in [0.1, 0.15) is 87.1 Å². The van der Waals surface area contributed by atoms with Gasteiger partial charge >= 0.3 is 17.9 Å². The van der Waals surface area contributed by atoms with Crippen LogP contribution < -0.4 is 15.4 Å². The van der Waals surface area contributed by atoms with E-state index in [1.807, 2.05) is 22.4 Å². The van der Waals surface area contributed by atoms with E-state index in [4.69, 9.17) is 19.9 Å². The third-order valence-electron chi connectivity index (χ3n) is 13.7. The minimum Gasteiger partial charge on any atom is -0.508 e. The number of anilines is 1. The van der Waals surface area contributed by atoms with Crippen molar-refractivity contribution < 1.29 is 67.9 Å². The predicted octanol–water partition coefficient (Wildman–Crippen LogP) is 4.51. The van der Waals surface area contributed by atoms with E-state index in [-0.39, 0.29) is 79.6 Å². The van der Waals surface area contributed by atoms with E-state index in [1.54, 1.807) is 34.3 Å². The first-order valence-corrected chi connectivity index (χ1v) is 25.4. The quantitative estimate of drug-likeness (QED) is 0.0441. The van der Waals surface area contributed by atoms with E-state index in [9.17, 15) is 53.7 Å². The summed E-state index contributed by atoms with van der Waals surface area (Å²) in [7, 11) is 6.70. The number of aliphatic hydroxyl groups excluding tert-OH is 2. The molecule has 0 spiro atoms. The number of hydrogen-bond donors (Lipinski definition) is 4. The number of benzene rings is 1. The topological polar surface area (TPSA) is 261 Å². The number of β-lactam (4-membered cyclic amide) rings is 1. The number of nitrogens with zero attached hydrogens (tertiary/aromatic N) is 3. The van der Waals surface area contributed by atoms with Gasteiger partial charge in [0.05, 0.1) is 29.5 Å². The zero-order valence-electron chi connectivity index (χ0n) is 39.9. The molecule has 7 rings (SSSR count). The molecule has 3 heterocycles. The first-order chi connectivity index (χ1) is 33.3. The second-order valence-electron chi connectivity index (χ2n) is 18.9. The molecule has 2 fully saturated rings. The lowest BCUT2D eigenvalue weighted by molar-refractivity contribution is -0.156. The zero-order chi connectivity index (χ0) is 50.8. The van der Waals surface area contributed by atoms with Crippen molar-refractivity contribution >= 4 is 81.6 Å². The fourth-order valence-electron chi connectivity index (χ4n) is 10.4. The minimum atomic E-state index is -2.74. The maximum Gasteiger partial charge on any atom is 0.355 e. The fraction of sp³-hybridized carbons (Fsp3) is 0.520. The van der Waals surface area contributed by atoms with Gasteiger partial charge in [0.1, 0.15) is 40.9 Å². The van der Waals surface area contributed by atoms with Crippen LogP contribution in [0.4, 0.5) is 5.69 Å². The number of Topliss-reactive ketones (excluding diaryl/α,β-unsaturated/α-hetero) is 3. The number of unbranched alkanes of at least 4 members (excludes halogenated alkanes) is 6. The highest BCUT2D eigenvalue weighted by Crippen LogP contribution is 2.54. The average Bonchev–Trinajstić information content (AvgIpc) is 3.81. The van der Waals surface area contributed by atoms with Gasteiger partial charge in [0, 0.05) is 73.7 Å². The van der Waals surface area contributed by atoms with E-state index in [2.05, 4.69) is 0 Å². The average molecular weight is 1010 g/mol. The van der Waals surface area contributed by atoms with Crippen LogP contribution in [0.3, 0.4) is 0 Å². The maximum atomic E-state index is 14.4. The van der Waals surface area contributed by atoms with Crippen LogP contribution in [0.2, 0.25) is 0 Å². The number of ether oxygens (including phenoxy) is 3. The maximum absolute atomic E-state index is 14.4. The van der Waals surface area contributed by atoms with Crippen LogP contribution in [-0.2, 0) is 60.7 Å². The van der Waals surface area contributed by atoms with Crippen LogP contribution in [-0.4, -0.2) is 136 Å². The summed E-state index contributed by atoms with van der Waals surface area (Å²) in [5.41, 5.74) is 3.57. The van der Waals surface area contributed by atoms with E-state index >= 15 is 0 Å². The molecule has 2 amide bonds. The van der Waals surface area contributed by atoms with Crippen molar-refractivity contribution in [2.45, 2.75) is 101 Å². The van der Waals surface area contributed by atoms with Gasteiger partial charge in [0.25, 0.3) is 5.91 Å². The number of rotatable bonds is 21. The number of thioether (sulfide) groups is 1. The third kappa shape index (κ3) is 10.2. The van der Waals surface area contributed by atoms with Gasteiger partial charge in [0.2, 0.25) is 11.7 Å². The number of nitrogens with two attached hydrogens (primary N) is 1. The van der Waals surface area contributed by atoms with E-state index in [1.165, 1.54) is 45.9 Å². The first-order valence-electron chi connectivity index (χ1n) is 23.5. The SMILES string of the molecule is CC(=O)OCC1=C(C(=O)OCCCCCCCCCC(=O)Oc2ccc(N(C)C)c3c2C(O)=C2C(=O)[C@@]4(O)C(O)=C(C(N)=O)C(=O)[C@H](N(C)C)[C@H]4C[C@H]2C3)N2C(=O)[C@@H](CC(=O)Cc3cccs3)[C@H]2SC1. The Morgan fingerprint density at radius 3 is 2.29 bits per heavy atom. The second-order valence-corrected chi connectivity index (χ2v) is 21.0. The number of carbonyl (C=O) groups is 8. The van der Waals surface area contributed by atoms with Crippen LogP contribution in [0.15, 0.2) is 57.8 Å². The van der Waals surface area contributed by atoms with Crippen LogP contribution in [0.5, 0.6) is 5.75 Å². The number of fused-ring (bicyclic) bond motifs is 4. The lowest BCUT2D eigenvalue weighted by atomic mass is 9.57. The van der Waals surface area contributed by atoms with E-state index < -0.39 is 87.2 Å². The fourth-order valence-corrected chi connectivity index (χ4v) is 12.5. The molecule has 1 aromatic heterocycles. The minimum absolute atomic E-state index is 0.0101. The molecule has 1 saturated carbocycles. The molecule has 6 atom stereocenters. The summed E-state index contributed by atoms with van der Waals surface area (Å²) in [6.07, 6.45) is 5.63. The van der Waals surface area contributed by atoms with Crippen LogP contribution in [0.25, 0.3) is 5.76 Å². The van der Waals surface area contributed by atoms with Crippen molar-refractivity contribution in [3.05, 3.63) is 73.8 Å². The summed E-state index contributed by atoms with van der Waals surface area (Å²) in [4.78, 5) is 110. The molecule has 1 aromatic carbocycles. The molecule has 2 aromatic rings. The Labute approximate surface area is 413 Å². The Bertz CT molecular complexity index is 2570. The lowest BCUT2D eigenvalue weighted by Crippen LogP contribution is -2.65. The Morgan fingerprint density at radius 1 is 0.943 bits per heavy atom. The zero-order valence-corrected chi connectivity index (χ0v) is 41.6. The molecule has 0 bridgehead atoms. The standard InChI is InChI=1S/C50H60N4O14S2/c1-26(55)67-24-28-25-70-48-32(23-29(56)22-30-14-13-19-69-30)47(63)54(48)40(28)49(64)66-18-12-10-8-6-7-9-11-15-36(57)68-35-17-16-34(52(2)3)31-20-27-21-33-41(53(4)5)43(59)39(46(51)62)45(61)50(33,65)44(60)37(27)42(58)38(31)35/h13-14,16-17,19,27,32-33,41,48,58,61,65H,6-12,15,18,20-25H2,1-5H3,(H2,51,62)/t27-,32-,33-,41-,48-,50-/m1/s1. The number of primary amides is 1. The van der Waals surface area contributed by atoms with Crippen LogP contribution >= 0.6 is 23.1 Å². The molecule has 1 saturated heterocycles. The van der Waals surface area contributed by atoms with Gasteiger partial charge in [-0.3, -0.25) is 43.4 Å². The smallest absolute Gasteiger partial charge is 0.355 e. The van der Waals surface area contributed by atoms with Crippen LogP contribution in [0, 0.1) is 17.8 Å². The summed E-state index contributed by atoms with van der Waals surface area (Å²) in [6.45, 7) is 1.23. The predicted molar refractivity (Wildman–Crippen MR) is 258 cm³/mol. The normalized spacial score (nSPS) is 23.8. The number of thiophene rings is 1. The Kier molecular flexibility index (Phi) is 16.1. The molecule has 0 unspecified atom stereocenters. The van der Waals surface area contributed by atoms with Gasteiger partial charge in [-0.05, 0) is 74.8 Å². The third-order valence-corrected chi connectivity index (χ3v) is 16.0. The molecule has 2 aliphatic heterocycles. The molecule has 70 heavy (non-hydrogen) atoms. The molecule has 0 radical (unpaired) electrons. The van der Waals surface area contributed by atoms with Crippen molar-refractivity contribution in [3.8, 4) is 5.75 Å². The highest BCUT2D eigenvalue weighted by molar-refractivity contribution is 8.00. The highest BCUT2D eigenvalue weighted by Gasteiger charge is 2.64. The Hall–Kier alpha value is -5.83.